The van der Waals surface area contributed by atoms with Crippen LogP contribution in [0.25, 0.3) is 0 Å². The quantitative estimate of drug-likeness (QED) is 0.324. The molecular weight excluding hydrogens is 569 g/mol. The number of piperazine rings is 1. The highest BCUT2D eigenvalue weighted by Gasteiger charge is 2.38. The van der Waals surface area contributed by atoms with Gasteiger partial charge in [-0.1, -0.05) is 55.5 Å². The normalized spacial score (nSPS) is 21.9. The number of nitrogens with zero attached hydrogens (tertiary/aromatic N) is 2. The minimum Gasteiger partial charge on any atom is -0.508 e. The first-order valence-electron chi connectivity index (χ1n) is 14.1. The number of phenols is 1. The monoisotopic (exact) mass is 609 g/mol. The topological polar surface area (TPSA) is 55.8 Å². The number of hydrogen-bond donors (Lipinski definition) is 2. The van der Waals surface area contributed by atoms with Gasteiger partial charge in [0.25, 0.3) is 0 Å². The van der Waals surface area contributed by atoms with Crippen molar-refractivity contribution < 1.29 is 14.3 Å². The summed E-state index contributed by atoms with van der Waals surface area (Å²) in [5, 5.41) is 14.8. The van der Waals surface area contributed by atoms with Crippen molar-refractivity contribution in [1.82, 2.24) is 15.1 Å². The molecule has 0 aromatic heterocycles. The largest absolute Gasteiger partial charge is 0.508 e. The number of phenolic OH excluding ortho intramolecular Hbond substituents is 1. The van der Waals surface area contributed by atoms with Gasteiger partial charge in [0, 0.05) is 44.7 Å². The number of likely N-dealkylation sites (tertiary alicyclic amines) is 1. The van der Waals surface area contributed by atoms with Gasteiger partial charge in [-0.15, -0.1) is 17.0 Å². The molecule has 2 aliphatic rings. The van der Waals surface area contributed by atoms with Crippen molar-refractivity contribution >= 4 is 23.4 Å². The molecule has 3 aromatic carbocycles. The van der Waals surface area contributed by atoms with E-state index >= 15 is 0 Å². The average Bonchev–Trinajstić information content (AvgIpc) is 2.93. The summed E-state index contributed by atoms with van der Waals surface area (Å²) in [6, 6.07) is 21.9. The van der Waals surface area contributed by atoms with E-state index in [0.717, 1.165) is 62.1 Å². The molecule has 0 spiro atoms. The summed E-state index contributed by atoms with van der Waals surface area (Å²) in [6.45, 7) is 10.1. The molecule has 0 bridgehead atoms. The first kappa shape index (κ1) is 30.2. The van der Waals surface area contributed by atoms with E-state index in [4.69, 9.17) is 0 Å². The number of piperidine rings is 1. The Morgan fingerprint density at radius 1 is 1.07 bits per heavy atom. The smallest absolute Gasteiger partial charge is 0.209 e. The van der Waals surface area contributed by atoms with Crippen LogP contribution < -0.4 is 5.32 Å². The molecule has 2 N–H and O–H groups in total. The lowest BCUT2D eigenvalue weighted by atomic mass is 9.71. The second-order valence-corrected chi connectivity index (χ2v) is 11.7. The fraction of sp³-hybridized carbons (Fsp3) is 0.424. The summed E-state index contributed by atoms with van der Waals surface area (Å²) in [6.07, 6.45) is 3.27. The van der Waals surface area contributed by atoms with E-state index in [1.54, 1.807) is 6.07 Å². The van der Waals surface area contributed by atoms with Gasteiger partial charge in [-0.05, 0) is 78.1 Å². The summed E-state index contributed by atoms with van der Waals surface area (Å²) in [7, 11) is 0. The fourth-order valence-corrected chi connectivity index (χ4v) is 6.40. The van der Waals surface area contributed by atoms with Crippen LogP contribution >= 0.6 is 17.0 Å². The zero-order chi connectivity index (χ0) is 27.6. The van der Waals surface area contributed by atoms with Crippen LogP contribution in [-0.4, -0.2) is 59.6 Å². The highest BCUT2D eigenvalue weighted by atomic mass is 79.9. The highest BCUT2D eigenvalue weighted by Crippen LogP contribution is 2.43. The first-order chi connectivity index (χ1) is 18.8. The number of carbonyl (C=O) groups excluding carboxylic acids is 1. The number of benzene rings is 3. The molecule has 2 fully saturated rings. The Morgan fingerprint density at radius 2 is 1.82 bits per heavy atom. The number of aromatic hydroxyl groups is 1. The number of nitrogens with one attached hydrogen (secondary N) is 1. The number of halogens is 2. The van der Waals surface area contributed by atoms with Crippen molar-refractivity contribution in [3.63, 3.8) is 0 Å². The van der Waals surface area contributed by atoms with E-state index in [0.29, 0.717) is 18.5 Å². The minimum atomic E-state index is -0.269. The number of rotatable bonds is 7. The molecular formula is C33H41BrFN3O2. The van der Waals surface area contributed by atoms with Crippen molar-refractivity contribution in [3.05, 3.63) is 100 Å². The molecule has 2 saturated heterocycles. The lowest BCUT2D eigenvalue weighted by Crippen LogP contribution is -2.55. The van der Waals surface area contributed by atoms with Gasteiger partial charge in [0.1, 0.15) is 11.6 Å². The van der Waals surface area contributed by atoms with E-state index in [1.165, 1.54) is 23.3 Å². The molecule has 7 heteroatoms. The Labute approximate surface area is 248 Å². The number of amides is 1. The molecule has 0 aliphatic carbocycles. The van der Waals surface area contributed by atoms with Gasteiger partial charge in [0.2, 0.25) is 6.41 Å². The van der Waals surface area contributed by atoms with E-state index in [2.05, 4.69) is 61.3 Å². The Morgan fingerprint density at radius 3 is 2.52 bits per heavy atom. The number of hydrogen-bond acceptors (Lipinski definition) is 4. The second kappa shape index (κ2) is 12.8. The second-order valence-electron chi connectivity index (χ2n) is 11.7. The lowest BCUT2D eigenvalue weighted by Gasteiger charge is -2.45. The van der Waals surface area contributed by atoms with Crippen molar-refractivity contribution in [2.24, 2.45) is 0 Å². The van der Waals surface area contributed by atoms with Crippen molar-refractivity contribution in [1.29, 1.82) is 0 Å². The Hall–Kier alpha value is -2.74. The first-order valence-corrected chi connectivity index (χ1v) is 14.1. The molecule has 2 aliphatic heterocycles. The van der Waals surface area contributed by atoms with Crippen molar-refractivity contribution in [2.75, 3.05) is 26.2 Å². The molecule has 40 heavy (non-hydrogen) atoms. The van der Waals surface area contributed by atoms with Crippen LogP contribution in [-0.2, 0) is 16.6 Å². The molecule has 3 atom stereocenters. The van der Waals surface area contributed by atoms with Crippen LogP contribution in [0.15, 0.2) is 66.7 Å². The van der Waals surface area contributed by atoms with Crippen molar-refractivity contribution in [2.45, 2.75) is 63.6 Å². The average molecular weight is 611 g/mol. The van der Waals surface area contributed by atoms with Crippen LogP contribution in [0.4, 0.5) is 4.39 Å². The van der Waals surface area contributed by atoms with Gasteiger partial charge in [-0.2, -0.15) is 0 Å². The van der Waals surface area contributed by atoms with Gasteiger partial charge in [0.15, 0.2) is 0 Å². The van der Waals surface area contributed by atoms with Gasteiger partial charge >= 0.3 is 0 Å². The van der Waals surface area contributed by atoms with Gasteiger partial charge in [0.05, 0.1) is 6.04 Å². The number of carbonyl (C=O) groups is 1. The van der Waals surface area contributed by atoms with Crippen LogP contribution in [0.3, 0.4) is 0 Å². The van der Waals surface area contributed by atoms with Crippen molar-refractivity contribution in [3.8, 4) is 5.75 Å². The standard InChI is InChI=1S/C33H40FN3O2.BrH/c1-23-21-37(24(2)20-35-23)32(27-12-11-26(31(39)19-27)17-25-7-6-8-28(34)18-25)29-9-4-5-10-30(29)33(3)13-15-36(22-38)16-14-33;/h4-12,18-19,22-24,32,35,39H,13-17,20-21H2,1-3H3;1H/t23-,24+,32-;/m1./s1. The molecule has 2 heterocycles. The maximum absolute atomic E-state index is 13.8. The third kappa shape index (κ3) is 6.42. The minimum absolute atomic E-state index is 0. The summed E-state index contributed by atoms with van der Waals surface area (Å²) in [5.41, 5.74) is 5.21. The summed E-state index contributed by atoms with van der Waals surface area (Å²) < 4.78 is 13.8. The van der Waals surface area contributed by atoms with Gasteiger partial charge in [-0.25, -0.2) is 4.39 Å². The summed E-state index contributed by atoms with van der Waals surface area (Å²) >= 11 is 0. The zero-order valence-corrected chi connectivity index (χ0v) is 25.4. The predicted molar refractivity (Wildman–Crippen MR) is 164 cm³/mol. The Balaban J connectivity index is 0.00000370. The molecule has 0 unspecified atom stereocenters. The lowest BCUT2D eigenvalue weighted by molar-refractivity contribution is -0.119. The SMILES string of the molecule is Br.C[C@@H]1CN([C@H](c2ccc(Cc3cccc(F)c3)c(O)c2)c2ccccc2C2(C)CCN(C=O)CC2)[C@@H](C)CN1. The van der Waals surface area contributed by atoms with Crippen LogP contribution in [0.5, 0.6) is 5.75 Å². The zero-order valence-electron chi connectivity index (χ0n) is 23.6. The van der Waals surface area contributed by atoms with Crippen LogP contribution in [0.2, 0.25) is 0 Å². The Bertz CT molecular complexity index is 1310. The van der Waals surface area contributed by atoms with E-state index in [1.807, 2.05) is 23.1 Å². The van der Waals surface area contributed by atoms with Crippen LogP contribution in [0, 0.1) is 5.82 Å². The maximum Gasteiger partial charge on any atom is 0.209 e. The predicted octanol–water partition coefficient (Wildman–Crippen LogP) is 5.98. The van der Waals surface area contributed by atoms with E-state index in [9.17, 15) is 14.3 Å². The fourth-order valence-electron chi connectivity index (χ4n) is 6.40. The van der Waals surface area contributed by atoms with Crippen LogP contribution in [0.1, 0.15) is 67.5 Å². The molecule has 3 aromatic rings. The van der Waals surface area contributed by atoms with Gasteiger partial charge < -0.3 is 15.3 Å². The Kier molecular flexibility index (Phi) is 9.70. The van der Waals surface area contributed by atoms with E-state index in [-0.39, 0.29) is 40.0 Å². The highest BCUT2D eigenvalue weighted by molar-refractivity contribution is 8.93. The maximum atomic E-state index is 13.8. The molecule has 5 rings (SSSR count). The molecule has 214 valence electrons. The molecule has 5 nitrogen and oxygen atoms in total. The molecule has 0 radical (unpaired) electrons. The third-order valence-electron chi connectivity index (χ3n) is 8.81. The molecule has 0 saturated carbocycles. The third-order valence-corrected chi connectivity index (χ3v) is 8.81. The molecule has 1 amide bonds. The van der Waals surface area contributed by atoms with E-state index < -0.39 is 0 Å². The summed E-state index contributed by atoms with van der Waals surface area (Å²) in [5.74, 6) is -0.0323. The van der Waals surface area contributed by atoms with Gasteiger partial charge in [-0.3, -0.25) is 9.69 Å². The summed E-state index contributed by atoms with van der Waals surface area (Å²) in [4.78, 5) is 15.8.